The van der Waals surface area contributed by atoms with Crippen LogP contribution in [0.2, 0.25) is 0 Å². The van der Waals surface area contributed by atoms with Gasteiger partial charge in [0.25, 0.3) is 11.9 Å². The van der Waals surface area contributed by atoms with E-state index in [4.69, 9.17) is 4.74 Å². The largest absolute Gasteiger partial charge is 0.454 e. The van der Waals surface area contributed by atoms with Gasteiger partial charge in [-0.1, -0.05) is 18.2 Å². The highest BCUT2D eigenvalue weighted by molar-refractivity contribution is 6.03. The number of aryl methyl sites for hydroxylation is 1. The minimum atomic E-state index is -0.421. The molecule has 2 aliphatic heterocycles. The highest BCUT2D eigenvalue weighted by Crippen LogP contribution is 2.40. The molecule has 0 saturated heterocycles. The Balaban J connectivity index is 1.76. The van der Waals surface area contributed by atoms with Gasteiger partial charge in [-0.25, -0.2) is 9.79 Å². The second-order valence-corrected chi connectivity index (χ2v) is 7.12. The lowest BCUT2D eigenvalue weighted by Crippen LogP contribution is -2.78. The van der Waals surface area contributed by atoms with Crippen LogP contribution in [0.3, 0.4) is 0 Å². The smallest absolute Gasteiger partial charge is 0.326 e. The molecule has 3 heterocycles. The SMILES string of the molecule is CN1C=C(c2ccc3c([nH]c(=O)n3C)c2Oc2ccccc2)C2=CC=[NH+]C2C1=O. The third kappa shape index (κ3) is 2.62. The van der Waals surface area contributed by atoms with Gasteiger partial charge in [-0.05, 0) is 24.3 Å². The monoisotopic (exact) mass is 387 g/mol. The van der Waals surface area contributed by atoms with E-state index in [-0.39, 0.29) is 11.6 Å². The summed E-state index contributed by atoms with van der Waals surface area (Å²) in [6.45, 7) is 0. The van der Waals surface area contributed by atoms with Crippen molar-refractivity contribution in [2.24, 2.45) is 7.05 Å². The number of H-pyrrole nitrogens is 1. The van der Waals surface area contributed by atoms with Gasteiger partial charge >= 0.3 is 5.69 Å². The van der Waals surface area contributed by atoms with E-state index < -0.39 is 6.04 Å². The first-order valence-corrected chi connectivity index (χ1v) is 9.28. The van der Waals surface area contributed by atoms with Gasteiger partial charge in [0.1, 0.15) is 11.3 Å². The standard InChI is InChI=1S/C22H18N4O3/c1-25-12-16(14-10-11-23-18(14)21(25)27)15-8-9-17-19(24-22(28)26(17)2)20(15)29-13-6-4-3-5-7-13/h3-12,18H,1-2H3,(H,24,28)/p+1. The number of hydrogen-bond acceptors (Lipinski definition) is 3. The van der Waals surface area contributed by atoms with Gasteiger partial charge in [-0.3, -0.25) is 9.36 Å². The Kier molecular flexibility index (Phi) is 3.77. The summed E-state index contributed by atoms with van der Waals surface area (Å²) in [6, 6.07) is 12.8. The van der Waals surface area contributed by atoms with Crippen molar-refractivity contribution in [1.29, 1.82) is 0 Å². The molecule has 1 unspecified atom stereocenters. The molecule has 2 aromatic carbocycles. The fourth-order valence-corrected chi connectivity index (χ4v) is 3.83. The maximum absolute atomic E-state index is 12.5. The molecule has 0 aliphatic carbocycles. The first-order valence-electron chi connectivity index (χ1n) is 9.28. The number of allylic oxidation sites excluding steroid dienone is 1. The fraction of sp³-hybridized carbons (Fsp3) is 0.136. The third-order valence-corrected chi connectivity index (χ3v) is 5.35. The maximum Gasteiger partial charge on any atom is 0.326 e. The van der Waals surface area contributed by atoms with Crippen molar-refractivity contribution >= 4 is 28.7 Å². The molecule has 0 bridgehead atoms. The molecule has 0 fully saturated rings. The Morgan fingerprint density at radius 2 is 1.86 bits per heavy atom. The average Bonchev–Trinajstić information content (AvgIpc) is 3.32. The fourth-order valence-electron chi connectivity index (χ4n) is 3.83. The summed E-state index contributed by atoms with van der Waals surface area (Å²) in [5.74, 6) is 1.19. The number of likely N-dealkylation sites (N-methyl/N-ethyl adjacent to an activating group) is 1. The highest BCUT2D eigenvalue weighted by atomic mass is 16.5. The van der Waals surface area contributed by atoms with Gasteiger partial charge in [-0.15, -0.1) is 0 Å². The van der Waals surface area contributed by atoms with Crippen LogP contribution in [0.1, 0.15) is 5.56 Å². The van der Waals surface area contributed by atoms with Crippen molar-refractivity contribution in [2.75, 3.05) is 7.05 Å². The third-order valence-electron chi connectivity index (χ3n) is 5.35. The van der Waals surface area contributed by atoms with Crippen molar-refractivity contribution in [3.05, 3.63) is 76.4 Å². The van der Waals surface area contributed by atoms with Crippen LogP contribution >= 0.6 is 0 Å². The number of nitrogens with zero attached hydrogens (tertiary/aromatic N) is 2. The van der Waals surface area contributed by atoms with E-state index in [2.05, 4.69) is 9.98 Å². The lowest BCUT2D eigenvalue weighted by molar-refractivity contribution is -0.467. The predicted octanol–water partition coefficient (Wildman–Crippen LogP) is 0.932. The number of hydrogen-bond donors (Lipinski definition) is 2. The van der Waals surface area contributed by atoms with Crippen molar-refractivity contribution in [2.45, 2.75) is 6.04 Å². The molecule has 0 saturated carbocycles. The minimum Gasteiger partial charge on any atom is -0.454 e. The molecule has 3 aromatic rings. The number of ether oxygens (including phenoxy) is 1. The Labute approximate surface area is 166 Å². The number of rotatable bonds is 3. The maximum atomic E-state index is 12.5. The summed E-state index contributed by atoms with van der Waals surface area (Å²) < 4.78 is 7.82. The van der Waals surface area contributed by atoms with E-state index in [0.29, 0.717) is 17.0 Å². The molecule has 1 aromatic heterocycles. The first-order chi connectivity index (χ1) is 14.0. The van der Waals surface area contributed by atoms with E-state index in [1.54, 1.807) is 29.8 Å². The molecular weight excluding hydrogens is 368 g/mol. The zero-order valence-corrected chi connectivity index (χ0v) is 16.0. The molecule has 0 spiro atoms. The van der Waals surface area contributed by atoms with Crippen LogP contribution in [0.4, 0.5) is 0 Å². The zero-order chi connectivity index (χ0) is 20.1. The zero-order valence-electron chi connectivity index (χ0n) is 16.0. The van der Waals surface area contributed by atoms with Gasteiger partial charge in [0.15, 0.2) is 12.0 Å². The molecule has 2 N–H and O–H groups in total. The number of para-hydroxylation sites is 1. The van der Waals surface area contributed by atoms with Crippen LogP contribution in [0, 0.1) is 0 Å². The van der Waals surface area contributed by atoms with E-state index >= 15 is 0 Å². The summed E-state index contributed by atoms with van der Waals surface area (Å²) in [7, 11) is 3.45. The first kappa shape index (κ1) is 17.2. The molecule has 5 rings (SSSR count). The Morgan fingerprint density at radius 3 is 2.66 bits per heavy atom. The molecule has 7 heteroatoms. The minimum absolute atomic E-state index is 0.0199. The molecule has 29 heavy (non-hydrogen) atoms. The number of nitrogens with one attached hydrogen (secondary N) is 2. The molecule has 2 aliphatic rings. The molecule has 7 nitrogen and oxygen atoms in total. The van der Waals surface area contributed by atoms with Crippen LogP contribution in [0.5, 0.6) is 11.5 Å². The molecular formula is C22H19N4O3+. The van der Waals surface area contributed by atoms with Crippen molar-refractivity contribution in [1.82, 2.24) is 14.5 Å². The topological polar surface area (TPSA) is 81.3 Å². The second kappa shape index (κ2) is 6.34. The predicted molar refractivity (Wildman–Crippen MR) is 110 cm³/mol. The van der Waals surface area contributed by atoms with E-state index in [1.807, 2.05) is 54.7 Å². The van der Waals surface area contributed by atoms with Crippen LogP contribution < -0.4 is 15.4 Å². The number of imidazole rings is 1. The van der Waals surface area contributed by atoms with E-state index in [1.165, 1.54) is 0 Å². The van der Waals surface area contributed by atoms with Crippen molar-refractivity contribution < 1.29 is 14.5 Å². The van der Waals surface area contributed by atoms with E-state index in [0.717, 1.165) is 22.2 Å². The van der Waals surface area contributed by atoms with E-state index in [9.17, 15) is 9.59 Å². The summed E-state index contributed by atoms with van der Waals surface area (Å²) in [5.41, 5.74) is 3.70. The average molecular weight is 387 g/mol. The summed E-state index contributed by atoms with van der Waals surface area (Å²) in [4.78, 5) is 32.4. The molecule has 144 valence electrons. The van der Waals surface area contributed by atoms with Crippen molar-refractivity contribution in [3.63, 3.8) is 0 Å². The molecule has 0 radical (unpaired) electrons. The second-order valence-electron chi connectivity index (χ2n) is 7.12. The quantitative estimate of drug-likeness (QED) is 0.702. The van der Waals surface area contributed by atoms with Crippen LogP contribution in [-0.2, 0) is 11.8 Å². The van der Waals surface area contributed by atoms with Gasteiger partial charge in [0.05, 0.1) is 5.52 Å². The Hall–Kier alpha value is -3.87. The molecule has 1 atom stereocenters. The number of aromatic amines is 1. The van der Waals surface area contributed by atoms with Gasteiger partial charge in [0, 0.05) is 43.1 Å². The number of amides is 1. The lowest BCUT2D eigenvalue weighted by atomic mass is 9.90. The number of fused-ring (bicyclic) bond motifs is 2. The number of aromatic nitrogens is 2. The summed E-state index contributed by atoms with van der Waals surface area (Å²) >= 11 is 0. The van der Waals surface area contributed by atoms with Gasteiger partial charge < -0.3 is 14.6 Å². The molecule has 1 amide bonds. The normalized spacial score (nSPS) is 18.1. The number of carbonyl (C=O) groups excluding carboxylic acids is 1. The van der Waals surface area contributed by atoms with Crippen LogP contribution in [0.15, 0.2) is 65.1 Å². The summed E-state index contributed by atoms with van der Waals surface area (Å²) in [6.07, 6.45) is 5.50. The van der Waals surface area contributed by atoms with Gasteiger partial charge in [-0.2, -0.15) is 0 Å². The van der Waals surface area contributed by atoms with Crippen LogP contribution in [0.25, 0.3) is 16.6 Å². The Morgan fingerprint density at radius 1 is 1.07 bits per heavy atom. The number of carbonyl (C=O) groups is 1. The van der Waals surface area contributed by atoms with Gasteiger partial charge in [0.2, 0.25) is 0 Å². The highest BCUT2D eigenvalue weighted by Gasteiger charge is 2.39. The lowest BCUT2D eigenvalue weighted by Gasteiger charge is -2.25. The van der Waals surface area contributed by atoms with Crippen LogP contribution in [-0.4, -0.2) is 39.7 Å². The Bertz CT molecular complexity index is 1290. The van der Waals surface area contributed by atoms with Crippen molar-refractivity contribution in [3.8, 4) is 11.5 Å². The summed E-state index contributed by atoms with van der Waals surface area (Å²) in [5, 5.41) is 0. The number of benzene rings is 2.